The minimum atomic E-state index is -0.319. The number of benzene rings is 1. The lowest BCUT2D eigenvalue weighted by Gasteiger charge is -2.09. The molecule has 0 saturated carbocycles. The quantitative estimate of drug-likeness (QED) is 0.536. The van der Waals surface area contributed by atoms with Gasteiger partial charge in [0, 0.05) is 28.4 Å². The number of hydrogen-bond acceptors (Lipinski definition) is 4. The Morgan fingerprint density at radius 2 is 2.20 bits per heavy atom. The maximum Gasteiger partial charge on any atom is 0.277 e. The average molecular weight is 336 g/mol. The van der Waals surface area contributed by atoms with E-state index in [-0.39, 0.29) is 12.5 Å². The third-order valence-corrected chi connectivity index (χ3v) is 3.79. The van der Waals surface area contributed by atoms with E-state index in [1.54, 1.807) is 6.21 Å². The Morgan fingerprint density at radius 3 is 3.04 bits per heavy atom. The van der Waals surface area contributed by atoms with Gasteiger partial charge >= 0.3 is 0 Å². The number of rotatable bonds is 6. The largest absolute Gasteiger partial charge is 0.482 e. The normalized spacial score (nSPS) is 11.1. The van der Waals surface area contributed by atoms with E-state index < -0.39 is 0 Å². The monoisotopic (exact) mass is 336 g/mol. The van der Waals surface area contributed by atoms with Crippen molar-refractivity contribution in [2.45, 2.75) is 20.3 Å². The van der Waals surface area contributed by atoms with Crippen LogP contribution in [0.5, 0.6) is 5.75 Å². The Hall–Kier alpha value is -3.15. The number of nitrogens with zero attached hydrogens (tertiary/aromatic N) is 2. The summed E-state index contributed by atoms with van der Waals surface area (Å²) in [7, 11) is 0. The number of amides is 1. The molecule has 128 valence electrons. The van der Waals surface area contributed by atoms with E-state index in [0.29, 0.717) is 5.75 Å². The highest BCUT2D eigenvalue weighted by molar-refractivity contribution is 5.98. The first-order chi connectivity index (χ1) is 12.2. The molecule has 0 aliphatic rings. The van der Waals surface area contributed by atoms with Crippen molar-refractivity contribution in [2.75, 3.05) is 6.61 Å². The average Bonchev–Trinajstić information content (AvgIpc) is 3.10. The number of carbonyl (C=O) groups excluding carboxylic acids is 1. The van der Waals surface area contributed by atoms with Gasteiger partial charge in [-0.15, -0.1) is 0 Å². The van der Waals surface area contributed by atoms with Gasteiger partial charge in [-0.2, -0.15) is 5.10 Å². The van der Waals surface area contributed by atoms with Crippen LogP contribution in [0.15, 0.2) is 47.7 Å². The molecule has 0 bridgehead atoms. The predicted molar refractivity (Wildman–Crippen MR) is 97.9 cm³/mol. The number of carbonyl (C=O) groups is 1. The molecule has 0 fully saturated rings. The van der Waals surface area contributed by atoms with Crippen molar-refractivity contribution in [3.63, 3.8) is 0 Å². The summed E-state index contributed by atoms with van der Waals surface area (Å²) < 4.78 is 5.55. The molecule has 0 unspecified atom stereocenters. The molecular weight excluding hydrogens is 316 g/mol. The number of aromatic amines is 1. The smallest absolute Gasteiger partial charge is 0.277 e. The second-order valence-electron chi connectivity index (χ2n) is 5.62. The van der Waals surface area contributed by atoms with Crippen LogP contribution in [-0.4, -0.2) is 28.7 Å². The van der Waals surface area contributed by atoms with Gasteiger partial charge < -0.3 is 9.72 Å². The number of aryl methyl sites for hydroxylation is 2. The van der Waals surface area contributed by atoms with Crippen LogP contribution in [0.3, 0.4) is 0 Å². The molecule has 0 aliphatic carbocycles. The molecule has 25 heavy (non-hydrogen) atoms. The van der Waals surface area contributed by atoms with Crippen LogP contribution >= 0.6 is 0 Å². The fraction of sp³-hybridized carbons (Fsp3) is 0.211. The van der Waals surface area contributed by atoms with E-state index in [0.717, 1.165) is 34.3 Å². The van der Waals surface area contributed by atoms with Gasteiger partial charge in [0.25, 0.3) is 5.91 Å². The Morgan fingerprint density at radius 1 is 1.32 bits per heavy atom. The Labute approximate surface area is 145 Å². The van der Waals surface area contributed by atoms with E-state index in [1.807, 2.05) is 56.4 Å². The third-order valence-electron chi connectivity index (χ3n) is 3.79. The first kappa shape index (κ1) is 16.7. The van der Waals surface area contributed by atoms with Gasteiger partial charge in [-0.05, 0) is 37.6 Å². The second kappa shape index (κ2) is 7.61. The molecule has 3 aromatic rings. The van der Waals surface area contributed by atoms with Gasteiger partial charge in [0.2, 0.25) is 0 Å². The molecule has 2 heterocycles. The Bertz CT molecular complexity index is 915. The summed E-state index contributed by atoms with van der Waals surface area (Å²) in [5.74, 6) is 0.310. The number of H-pyrrole nitrogens is 1. The van der Waals surface area contributed by atoms with Crippen molar-refractivity contribution in [1.29, 1.82) is 0 Å². The van der Waals surface area contributed by atoms with Crippen LogP contribution in [0, 0.1) is 6.92 Å². The first-order valence-corrected chi connectivity index (χ1v) is 8.14. The number of aromatic nitrogens is 2. The molecule has 0 aliphatic heterocycles. The molecule has 6 nitrogen and oxygen atoms in total. The molecule has 3 rings (SSSR count). The summed E-state index contributed by atoms with van der Waals surface area (Å²) in [4.78, 5) is 19.5. The van der Waals surface area contributed by atoms with Gasteiger partial charge in [0.1, 0.15) is 5.75 Å². The summed E-state index contributed by atoms with van der Waals surface area (Å²) in [6.45, 7) is 3.82. The van der Waals surface area contributed by atoms with Crippen molar-refractivity contribution < 1.29 is 9.53 Å². The van der Waals surface area contributed by atoms with Crippen LogP contribution in [0.25, 0.3) is 10.9 Å². The molecule has 2 aromatic heterocycles. The third kappa shape index (κ3) is 4.03. The Kier molecular flexibility index (Phi) is 5.09. The van der Waals surface area contributed by atoms with Crippen LogP contribution in [-0.2, 0) is 11.2 Å². The number of fused-ring (bicyclic) bond motifs is 1. The van der Waals surface area contributed by atoms with Gasteiger partial charge in [-0.25, -0.2) is 5.43 Å². The van der Waals surface area contributed by atoms with E-state index in [4.69, 9.17) is 4.74 Å². The molecule has 1 aromatic carbocycles. The SMILES string of the molecule is CCc1nc(C)ccc1OCC(=O)NN=Cc1cccc2[nH]ccc12. The van der Waals surface area contributed by atoms with E-state index in [9.17, 15) is 4.79 Å². The summed E-state index contributed by atoms with van der Waals surface area (Å²) in [6.07, 6.45) is 4.24. The highest BCUT2D eigenvalue weighted by atomic mass is 16.5. The van der Waals surface area contributed by atoms with Crippen LogP contribution < -0.4 is 10.2 Å². The van der Waals surface area contributed by atoms with Crippen molar-refractivity contribution in [1.82, 2.24) is 15.4 Å². The van der Waals surface area contributed by atoms with Gasteiger partial charge in [0.15, 0.2) is 6.61 Å². The number of nitrogens with one attached hydrogen (secondary N) is 2. The molecule has 2 N–H and O–H groups in total. The van der Waals surface area contributed by atoms with Crippen molar-refractivity contribution in [3.05, 3.63) is 59.5 Å². The lowest BCUT2D eigenvalue weighted by Crippen LogP contribution is -2.25. The molecule has 0 radical (unpaired) electrons. The predicted octanol–water partition coefficient (Wildman–Crippen LogP) is 2.96. The molecule has 6 heteroatoms. The zero-order chi connectivity index (χ0) is 17.6. The fourth-order valence-corrected chi connectivity index (χ4v) is 2.55. The fourth-order valence-electron chi connectivity index (χ4n) is 2.55. The van der Waals surface area contributed by atoms with Crippen molar-refractivity contribution >= 4 is 23.0 Å². The molecule has 1 amide bonds. The highest BCUT2D eigenvalue weighted by Crippen LogP contribution is 2.17. The molecule has 0 atom stereocenters. The number of ether oxygens (including phenoxy) is 1. The topological polar surface area (TPSA) is 79.4 Å². The Balaban J connectivity index is 1.57. The number of hydrazone groups is 1. The summed E-state index contributed by atoms with van der Waals surface area (Å²) in [5.41, 5.74) is 6.21. The molecule has 0 saturated heterocycles. The summed E-state index contributed by atoms with van der Waals surface area (Å²) in [5, 5.41) is 5.06. The number of hydrogen-bond donors (Lipinski definition) is 2. The van der Waals surface area contributed by atoms with Crippen LogP contribution in [0.2, 0.25) is 0 Å². The summed E-state index contributed by atoms with van der Waals surface area (Å²) >= 11 is 0. The lowest BCUT2D eigenvalue weighted by atomic mass is 10.1. The second-order valence-corrected chi connectivity index (χ2v) is 5.62. The maximum atomic E-state index is 11.9. The maximum absolute atomic E-state index is 11.9. The van der Waals surface area contributed by atoms with Gasteiger partial charge in [0.05, 0.1) is 11.9 Å². The van der Waals surface area contributed by atoms with Crippen molar-refractivity contribution in [2.24, 2.45) is 5.10 Å². The molecule has 0 spiro atoms. The van der Waals surface area contributed by atoms with E-state index >= 15 is 0 Å². The number of pyridine rings is 1. The van der Waals surface area contributed by atoms with E-state index in [2.05, 4.69) is 20.5 Å². The zero-order valence-electron chi connectivity index (χ0n) is 14.2. The molecular formula is C19H20N4O2. The van der Waals surface area contributed by atoms with E-state index in [1.165, 1.54) is 0 Å². The zero-order valence-corrected chi connectivity index (χ0v) is 14.2. The van der Waals surface area contributed by atoms with Crippen LogP contribution in [0.4, 0.5) is 0 Å². The minimum absolute atomic E-state index is 0.108. The minimum Gasteiger partial charge on any atom is -0.482 e. The summed E-state index contributed by atoms with van der Waals surface area (Å²) in [6, 6.07) is 11.5. The standard InChI is InChI=1S/C19H20N4O2/c1-3-16-18(8-7-13(2)22-16)25-12-19(24)23-21-11-14-5-4-6-17-15(14)9-10-20-17/h4-11,20H,3,12H2,1-2H3,(H,23,24). The van der Waals surface area contributed by atoms with Gasteiger partial charge in [-0.1, -0.05) is 19.1 Å². The highest BCUT2D eigenvalue weighted by Gasteiger charge is 2.07. The van der Waals surface area contributed by atoms with Crippen molar-refractivity contribution in [3.8, 4) is 5.75 Å². The van der Waals surface area contributed by atoms with Gasteiger partial charge in [-0.3, -0.25) is 9.78 Å². The van der Waals surface area contributed by atoms with Crippen LogP contribution in [0.1, 0.15) is 23.9 Å². The lowest BCUT2D eigenvalue weighted by molar-refractivity contribution is -0.123. The first-order valence-electron chi connectivity index (χ1n) is 8.14.